The molecule has 6 nitrogen and oxygen atoms in total. The average molecular weight is 312 g/mol. The highest BCUT2D eigenvalue weighted by Gasteiger charge is 2.30. The lowest BCUT2D eigenvalue weighted by molar-refractivity contribution is -0.115. The van der Waals surface area contributed by atoms with Crippen molar-refractivity contribution in [3.8, 4) is 11.5 Å². The van der Waals surface area contributed by atoms with Crippen LogP contribution in [-0.2, 0) is 4.79 Å². The minimum Gasteiger partial charge on any atom is -0.496 e. The van der Waals surface area contributed by atoms with Gasteiger partial charge in [0.05, 0.1) is 25.6 Å². The molecular formula is C17H16N2O4. The van der Waals surface area contributed by atoms with Crippen molar-refractivity contribution < 1.29 is 19.1 Å². The third kappa shape index (κ3) is 2.59. The lowest BCUT2D eigenvalue weighted by Crippen LogP contribution is -2.42. The minimum atomic E-state index is -0.346. The molecule has 2 aromatic rings. The normalized spacial score (nSPS) is 13.1. The molecule has 1 N–H and O–H groups in total. The van der Waals surface area contributed by atoms with Crippen LogP contribution in [0.2, 0.25) is 0 Å². The topological polar surface area (TPSA) is 67.9 Å². The van der Waals surface area contributed by atoms with E-state index < -0.39 is 0 Å². The highest BCUT2D eigenvalue weighted by Crippen LogP contribution is 2.34. The second-order valence-electron chi connectivity index (χ2n) is 4.99. The molecular weight excluding hydrogens is 296 g/mol. The zero-order chi connectivity index (χ0) is 16.4. The van der Waals surface area contributed by atoms with Crippen molar-refractivity contribution >= 4 is 23.2 Å². The number of fused-ring (bicyclic) bond motifs is 1. The quantitative estimate of drug-likeness (QED) is 0.944. The Bertz CT molecular complexity index is 751. The summed E-state index contributed by atoms with van der Waals surface area (Å²) in [6, 6.07) is 12.3. The first-order valence-electron chi connectivity index (χ1n) is 7.07. The second kappa shape index (κ2) is 6.00. The van der Waals surface area contributed by atoms with Crippen molar-refractivity contribution in [3.63, 3.8) is 0 Å². The number of carbonyl (C=O) groups excluding carboxylic acids is 2. The number of benzene rings is 2. The number of para-hydroxylation sites is 2. The van der Waals surface area contributed by atoms with E-state index in [2.05, 4.69) is 5.32 Å². The van der Waals surface area contributed by atoms with Crippen molar-refractivity contribution in [3.05, 3.63) is 48.0 Å². The van der Waals surface area contributed by atoms with Gasteiger partial charge in [-0.25, -0.2) is 0 Å². The molecule has 1 heterocycles. The Morgan fingerprint density at radius 3 is 2.35 bits per heavy atom. The molecule has 0 saturated carbocycles. The van der Waals surface area contributed by atoms with Crippen LogP contribution in [0.4, 0.5) is 11.4 Å². The van der Waals surface area contributed by atoms with Gasteiger partial charge in [0.1, 0.15) is 23.6 Å². The molecule has 0 aromatic heterocycles. The van der Waals surface area contributed by atoms with Gasteiger partial charge in [-0.3, -0.25) is 14.5 Å². The van der Waals surface area contributed by atoms with Gasteiger partial charge in [0.15, 0.2) is 0 Å². The van der Waals surface area contributed by atoms with Crippen LogP contribution in [0.25, 0.3) is 0 Å². The standard InChI is InChI=1S/C17H16N2O4/c1-22-13-8-5-9-14(23-2)16(13)17(21)19-10-15(20)18-11-6-3-4-7-12(11)19/h3-9H,10H2,1-2H3,(H,18,20). The molecule has 0 fully saturated rings. The SMILES string of the molecule is COc1cccc(OC)c1C(=O)N1CC(=O)Nc2ccccc21. The first-order chi connectivity index (χ1) is 11.2. The Morgan fingerprint density at radius 1 is 1.04 bits per heavy atom. The maximum Gasteiger partial charge on any atom is 0.266 e. The van der Waals surface area contributed by atoms with Gasteiger partial charge in [-0.2, -0.15) is 0 Å². The summed E-state index contributed by atoms with van der Waals surface area (Å²) in [5.41, 5.74) is 1.54. The number of hydrogen-bond acceptors (Lipinski definition) is 4. The molecule has 2 amide bonds. The molecule has 0 bridgehead atoms. The summed E-state index contributed by atoms with van der Waals surface area (Å²) in [5.74, 6) is 0.211. The summed E-state index contributed by atoms with van der Waals surface area (Å²) in [4.78, 5) is 26.4. The number of methoxy groups -OCH3 is 2. The highest BCUT2D eigenvalue weighted by molar-refractivity contribution is 6.17. The van der Waals surface area contributed by atoms with E-state index in [4.69, 9.17) is 9.47 Å². The predicted octanol–water partition coefficient (Wildman–Crippen LogP) is 2.30. The van der Waals surface area contributed by atoms with E-state index in [0.29, 0.717) is 28.4 Å². The number of hydrogen-bond donors (Lipinski definition) is 1. The van der Waals surface area contributed by atoms with Crippen LogP contribution in [0.3, 0.4) is 0 Å². The smallest absolute Gasteiger partial charge is 0.266 e. The molecule has 0 saturated heterocycles. The Labute approximate surface area is 133 Å². The van der Waals surface area contributed by atoms with Crippen molar-refractivity contribution in [2.75, 3.05) is 31.0 Å². The van der Waals surface area contributed by atoms with Crippen LogP contribution in [0, 0.1) is 0 Å². The van der Waals surface area contributed by atoms with E-state index in [9.17, 15) is 9.59 Å². The van der Waals surface area contributed by atoms with Crippen molar-refractivity contribution in [1.82, 2.24) is 0 Å². The predicted molar refractivity (Wildman–Crippen MR) is 86.3 cm³/mol. The molecule has 23 heavy (non-hydrogen) atoms. The van der Waals surface area contributed by atoms with Gasteiger partial charge >= 0.3 is 0 Å². The third-order valence-corrected chi connectivity index (χ3v) is 3.66. The van der Waals surface area contributed by atoms with Crippen LogP contribution in [0.15, 0.2) is 42.5 Å². The molecule has 6 heteroatoms. The molecule has 0 unspecified atom stereocenters. The first kappa shape index (κ1) is 14.9. The van der Waals surface area contributed by atoms with Crippen LogP contribution in [0.5, 0.6) is 11.5 Å². The zero-order valence-electron chi connectivity index (χ0n) is 12.8. The summed E-state index contributed by atoms with van der Waals surface area (Å²) >= 11 is 0. The van der Waals surface area contributed by atoms with E-state index in [-0.39, 0.29) is 18.4 Å². The summed E-state index contributed by atoms with van der Waals surface area (Å²) in [6.07, 6.45) is 0. The van der Waals surface area contributed by atoms with Crippen LogP contribution < -0.4 is 19.7 Å². The number of nitrogens with one attached hydrogen (secondary N) is 1. The summed E-state index contributed by atoms with van der Waals surface area (Å²) in [5, 5.41) is 2.76. The zero-order valence-corrected chi connectivity index (χ0v) is 12.8. The number of amides is 2. The van der Waals surface area contributed by atoms with Gasteiger partial charge in [-0.15, -0.1) is 0 Å². The monoisotopic (exact) mass is 312 g/mol. The van der Waals surface area contributed by atoms with Gasteiger partial charge < -0.3 is 14.8 Å². The number of anilines is 2. The largest absolute Gasteiger partial charge is 0.496 e. The number of nitrogens with zero attached hydrogens (tertiary/aromatic N) is 1. The molecule has 2 aromatic carbocycles. The van der Waals surface area contributed by atoms with Gasteiger partial charge in [0.25, 0.3) is 5.91 Å². The summed E-state index contributed by atoms with van der Waals surface area (Å²) in [7, 11) is 2.98. The lowest BCUT2D eigenvalue weighted by Gasteiger charge is -2.29. The maximum atomic E-state index is 13.1. The highest BCUT2D eigenvalue weighted by atomic mass is 16.5. The summed E-state index contributed by atoms with van der Waals surface area (Å²) in [6.45, 7) is -0.0585. The van der Waals surface area contributed by atoms with Crippen molar-refractivity contribution in [2.24, 2.45) is 0 Å². The Kier molecular flexibility index (Phi) is 3.89. The minimum absolute atomic E-state index is 0.0585. The van der Waals surface area contributed by atoms with E-state index in [1.165, 1.54) is 19.1 Å². The van der Waals surface area contributed by atoms with Gasteiger partial charge in [0.2, 0.25) is 5.91 Å². The molecule has 118 valence electrons. The van der Waals surface area contributed by atoms with E-state index in [1.54, 1.807) is 36.4 Å². The maximum absolute atomic E-state index is 13.1. The fourth-order valence-electron chi connectivity index (χ4n) is 2.61. The fourth-order valence-corrected chi connectivity index (χ4v) is 2.61. The second-order valence-corrected chi connectivity index (χ2v) is 4.99. The van der Waals surface area contributed by atoms with Gasteiger partial charge in [0, 0.05) is 0 Å². The van der Waals surface area contributed by atoms with E-state index >= 15 is 0 Å². The first-order valence-corrected chi connectivity index (χ1v) is 7.07. The molecule has 0 radical (unpaired) electrons. The molecule has 1 aliphatic heterocycles. The number of ether oxygens (including phenoxy) is 2. The number of carbonyl (C=O) groups is 2. The molecule has 1 aliphatic rings. The molecule has 0 spiro atoms. The van der Waals surface area contributed by atoms with Gasteiger partial charge in [-0.1, -0.05) is 18.2 Å². The Hall–Kier alpha value is -3.02. The Morgan fingerprint density at radius 2 is 1.70 bits per heavy atom. The summed E-state index contributed by atoms with van der Waals surface area (Å²) < 4.78 is 10.6. The molecule has 0 aliphatic carbocycles. The van der Waals surface area contributed by atoms with E-state index in [0.717, 1.165) is 0 Å². The molecule has 3 rings (SSSR count). The number of rotatable bonds is 3. The lowest BCUT2D eigenvalue weighted by atomic mass is 10.1. The third-order valence-electron chi connectivity index (χ3n) is 3.66. The van der Waals surface area contributed by atoms with E-state index in [1.807, 2.05) is 6.07 Å². The van der Waals surface area contributed by atoms with Gasteiger partial charge in [-0.05, 0) is 24.3 Å². The molecule has 0 atom stereocenters. The van der Waals surface area contributed by atoms with Crippen molar-refractivity contribution in [1.29, 1.82) is 0 Å². The Balaban J connectivity index is 2.10. The van der Waals surface area contributed by atoms with Crippen molar-refractivity contribution in [2.45, 2.75) is 0 Å². The van der Waals surface area contributed by atoms with Crippen LogP contribution in [-0.4, -0.2) is 32.6 Å². The fraction of sp³-hybridized carbons (Fsp3) is 0.176. The van der Waals surface area contributed by atoms with Crippen LogP contribution >= 0.6 is 0 Å². The average Bonchev–Trinajstić information content (AvgIpc) is 2.59. The van der Waals surface area contributed by atoms with Crippen LogP contribution in [0.1, 0.15) is 10.4 Å².